The normalized spacial score (nSPS) is 23.9. The van der Waals surface area contributed by atoms with Crippen molar-refractivity contribution >= 4 is 11.6 Å². The second-order valence-electron chi connectivity index (χ2n) is 6.65. The Morgan fingerprint density at radius 2 is 2.30 bits per heavy atom. The molecule has 1 aromatic rings. The summed E-state index contributed by atoms with van der Waals surface area (Å²) in [4.78, 5) is 11.3. The third-order valence-electron chi connectivity index (χ3n) is 4.24. The van der Waals surface area contributed by atoms with Gasteiger partial charge in [-0.15, -0.1) is 0 Å². The van der Waals surface area contributed by atoms with Gasteiger partial charge in [0.15, 0.2) is 6.61 Å². The van der Waals surface area contributed by atoms with Gasteiger partial charge in [0.05, 0.1) is 5.69 Å². The molecule has 2 N–H and O–H groups in total. The monoisotopic (exact) mass is 274 g/mol. The summed E-state index contributed by atoms with van der Waals surface area (Å²) in [7, 11) is 0. The van der Waals surface area contributed by atoms with Crippen molar-refractivity contribution in [1.82, 2.24) is 5.32 Å². The van der Waals surface area contributed by atoms with Crippen LogP contribution >= 0.6 is 0 Å². The molecule has 20 heavy (non-hydrogen) atoms. The maximum Gasteiger partial charge on any atom is 0.262 e. The molecule has 0 saturated heterocycles. The molecule has 1 heterocycles. The molecule has 0 radical (unpaired) electrons. The number of anilines is 1. The zero-order valence-electron chi connectivity index (χ0n) is 12.2. The second kappa shape index (κ2) is 5.09. The third-order valence-corrected chi connectivity index (χ3v) is 4.24. The molecule has 108 valence electrons. The molecule has 3 rings (SSSR count). The fourth-order valence-corrected chi connectivity index (χ4v) is 3.11. The Balaban J connectivity index is 1.61. The average molecular weight is 274 g/mol. The van der Waals surface area contributed by atoms with E-state index in [9.17, 15) is 4.79 Å². The van der Waals surface area contributed by atoms with Crippen LogP contribution in [0.4, 0.5) is 5.69 Å². The highest BCUT2D eigenvalue weighted by Crippen LogP contribution is 2.37. The molecule has 2 aliphatic rings. The average Bonchev–Trinajstić information content (AvgIpc) is 2.75. The highest BCUT2D eigenvalue weighted by Gasteiger charge is 2.30. The van der Waals surface area contributed by atoms with Crippen LogP contribution in [0.15, 0.2) is 18.2 Å². The van der Waals surface area contributed by atoms with E-state index in [1.54, 1.807) is 0 Å². The van der Waals surface area contributed by atoms with Crippen LogP contribution in [0.5, 0.6) is 5.75 Å². The zero-order valence-corrected chi connectivity index (χ0v) is 12.2. The van der Waals surface area contributed by atoms with Crippen molar-refractivity contribution < 1.29 is 9.53 Å². The quantitative estimate of drug-likeness (QED) is 0.891. The SMILES string of the molecule is CC1(C)CCC(NCc2ccc3c(c2)NC(=O)CO3)C1. The first kappa shape index (κ1) is 13.4. The zero-order chi connectivity index (χ0) is 14.2. The van der Waals surface area contributed by atoms with Crippen LogP contribution in [0.3, 0.4) is 0 Å². The van der Waals surface area contributed by atoms with Gasteiger partial charge < -0.3 is 15.4 Å². The molecule has 0 spiro atoms. The van der Waals surface area contributed by atoms with Crippen molar-refractivity contribution in [3.8, 4) is 5.75 Å². The van der Waals surface area contributed by atoms with Crippen molar-refractivity contribution in [2.75, 3.05) is 11.9 Å². The Morgan fingerprint density at radius 3 is 3.05 bits per heavy atom. The van der Waals surface area contributed by atoms with Crippen molar-refractivity contribution in [1.29, 1.82) is 0 Å². The van der Waals surface area contributed by atoms with Crippen LogP contribution in [-0.4, -0.2) is 18.6 Å². The van der Waals surface area contributed by atoms with Gasteiger partial charge in [-0.25, -0.2) is 0 Å². The number of amides is 1. The fourth-order valence-electron chi connectivity index (χ4n) is 3.11. The van der Waals surface area contributed by atoms with E-state index in [-0.39, 0.29) is 12.5 Å². The maximum absolute atomic E-state index is 11.3. The van der Waals surface area contributed by atoms with E-state index >= 15 is 0 Å². The molecule has 0 bridgehead atoms. The number of benzene rings is 1. The van der Waals surface area contributed by atoms with Gasteiger partial charge in [0.2, 0.25) is 0 Å². The summed E-state index contributed by atoms with van der Waals surface area (Å²) in [6.07, 6.45) is 3.77. The lowest BCUT2D eigenvalue weighted by Crippen LogP contribution is -2.28. The molecule has 1 atom stereocenters. The molecule has 1 aromatic carbocycles. The molecule has 1 amide bonds. The maximum atomic E-state index is 11.3. The van der Waals surface area contributed by atoms with E-state index in [0.29, 0.717) is 11.5 Å². The highest BCUT2D eigenvalue weighted by atomic mass is 16.5. The van der Waals surface area contributed by atoms with Gasteiger partial charge in [-0.05, 0) is 42.4 Å². The van der Waals surface area contributed by atoms with E-state index in [4.69, 9.17) is 4.74 Å². The first-order chi connectivity index (χ1) is 9.52. The molecule has 1 aliphatic heterocycles. The largest absolute Gasteiger partial charge is 0.482 e. The summed E-state index contributed by atoms with van der Waals surface area (Å²) >= 11 is 0. The van der Waals surface area contributed by atoms with Crippen LogP contribution < -0.4 is 15.4 Å². The van der Waals surface area contributed by atoms with Gasteiger partial charge in [0, 0.05) is 12.6 Å². The van der Waals surface area contributed by atoms with Crippen LogP contribution in [0.1, 0.15) is 38.7 Å². The first-order valence-electron chi connectivity index (χ1n) is 7.31. The van der Waals surface area contributed by atoms with Crippen LogP contribution in [0.25, 0.3) is 0 Å². The van der Waals surface area contributed by atoms with Crippen LogP contribution in [0.2, 0.25) is 0 Å². The number of hydrogen-bond donors (Lipinski definition) is 2. The van der Waals surface area contributed by atoms with Crippen molar-refractivity contribution in [3.63, 3.8) is 0 Å². The highest BCUT2D eigenvalue weighted by molar-refractivity contribution is 5.95. The molecular weight excluding hydrogens is 252 g/mol. The number of ether oxygens (including phenoxy) is 1. The number of fused-ring (bicyclic) bond motifs is 1. The summed E-state index contributed by atoms with van der Waals surface area (Å²) in [6, 6.07) is 6.60. The number of carbonyl (C=O) groups excluding carboxylic acids is 1. The topological polar surface area (TPSA) is 50.4 Å². The van der Waals surface area contributed by atoms with Gasteiger partial charge in [-0.3, -0.25) is 4.79 Å². The summed E-state index contributed by atoms with van der Waals surface area (Å²) in [5.74, 6) is 0.676. The minimum Gasteiger partial charge on any atom is -0.482 e. The lowest BCUT2D eigenvalue weighted by Gasteiger charge is -2.20. The van der Waals surface area contributed by atoms with Crippen molar-refractivity contribution in [2.45, 2.75) is 45.7 Å². The fraction of sp³-hybridized carbons (Fsp3) is 0.562. The van der Waals surface area contributed by atoms with Crippen molar-refractivity contribution in [3.05, 3.63) is 23.8 Å². The minimum atomic E-state index is -0.0832. The predicted molar refractivity (Wildman–Crippen MR) is 78.8 cm³/mol. The molecule has 1 saturated carbocycles. The Labute approximate surface area is 119 Å². The Bertz CT molecular complexity index is 525. The Kier molecular flexibility index (Phi) is 3.42. The Hall–Kier alpha value is -1.55. The number of hydrogen-bond acceptors (Lipinski definition) is 3. The predicted octanol–water partition coefficient (Wildman–Crippen LogP) is 2.69. The molecule has 4 nitrogen and oxygen atoms in total. The van der Waals surface area contributed by atoms with Crippen molar-refractivity contribution in [2.24, 2.45) is 5.41 Å². The van der Waals surface area contributed by atoms with E-state index in [1.807, 2.05) is 12.1 Å². The van der Waals surface area contributed by atoms with Gasteiger partial charge >= 0.3 is 0 Å². The van der Waals surface area contributed by atoms with Gasteiger partial charge in [0.1, 0.15) is 5.75 Å². The minimum absolute atomic E-state index is 0.0832. The summed E-state index contributed by atoms with van der Waals surface area (Å²) in [5.41, 5.74) is 2.43. The summed E-state index contributed by atoms with van der Waals surface area (Å²) < 4.78 is 5.36. The summed E-state index contributed by atoms with van der Waals surface area (Å²) in [5, 5.41) is 6.47. The summed E-state index contributed by atoms with van der Waals surface area (Å²) in [6.45, 7) is 5.62. The van der Waals surface area contributed by atoms with E-state index in [1.165, 1.54) is 24.8 Å². The van der Waals surface area contributed by atoms with E-state index < -0.39 is 0 Å². The second-order valence-corrected chi connectivity index (χ2v) is 6.65. The number of rotatable bonds is 3. The molecule has 1 unspecified atom stereocenters. The molecule has 1 fully saturated rings. The molecular formula is C16H22N2O2. The number of carbonyl (C=O) groups is 1. The molecule has 4 heteroatoms. The standard InChI is InChI=1S/C16H22N2O2/c1-16(2)6-5-12(8-16)17-9-11-3-4-14-13(7-11)18-15(19)10-20-14/h3-4,7,12,17H,5-6,8-10H2,1-2H3,(H,18,19). The smallest absolute Gasteiger partial charge is 0.262 e. The lowest BCUT2D eigenvalue weighted by molar-refractivity contribution is -0.118. The lowest BCUT2D eigenvalue weighted by atomic mass is 9.92. The van der Waals surface area contributed by atoms with Crippen LogP contribution in [0, 0.1) is 5.41 Å². The van der Waals surface area contributed by atoms with E-state index in [0.717, 1.165) is 18.0 Å². The van der Waals surface area contributed by atoms with E-state index in [2.05, 4.69) is 30.5 Å². The third kappa shape index (κ3) is 2.96. The molecule has 0 aromatic heterocycles. The number of nitrogens with one attached hydrogen (secondary N) is 2. The van der Waals surface area contributed by atoms with Gasteiger partial charge in [-0.2, -0.15) is 0 Å². The van der Waals surface area contributed by atoms with Gasteiger partial charge in [-0.1, -0.05) is 19.9 Å². The van der Waals surface area contributed by atoms with Crippen LogP contribution in [-0.2, 0) is 11.3 Å². The Morgan fingerprint density at radius 1 is 1.45 bits per heavy atom. The first-order valence-corrected chi connectivity index (χ1v) is 7.31. The van der Waals surface area contributed by atoms with Gasteiger partial charge in [0.25, 0.3) is 5.91 Å². The molecule has 1 aliphatic carbocycles.